The molecule has 116 valence electrons. The second kappa shape index (κ2) is 6.97. The zero-order chi connectivity index (χ0) is 13.8. The van der Waals surface area contributed by atoms with E-state index in [4.69, 9.17) is 15.3 Å². The number of hydrogen-bond donors (Lipinski definition) is 2. The third-order valence-electron chi connectivity index (χ3n) is 5.17. The van der Waals surface area contributed by atoms with Gasteiger partial charge in [0.1, 0.15) is 0 Å². The second-order valence-corrected chi connectivity index (χ2v) is 7.69. The molecule has 3 N–H and O–H groups in total. The van der Waals surface area contributed by atoms with E-state index in [9.17, 15) is 0 Å². The molecule has 0 aromatic rings. The first kappa shape index (κ1) is 15.1. The average molecular weight is 300 g/mol. The van der Waals surface area contributed by atoms with Gasteiger partial charge in [-0.2, -0.15) is 11.8 Å². The normalized spacial score (nSPS) is 40.0. The molecule has 3 rings (SSSR count). The molecule has 0 aromatic heterocycles. The Labute approximate surface area is 126 Å². The Morgan fingerprint density at radius 2 is 2.25 bits per heavy atom. The van der Waals surface area contributed by atoms with Crippen molar-refractivity contribution in [3.63, 3.8) is 0 Å². The third-order valence-corrected chi connectivity index (χ3v) is 6.40. The maximum Gasteiger partial charge on any atom is 0.0783 e. The highest BCUT2D eigenvalue weighted by atomic mass is 32.2. The molecule has 0 amide bonds. The Bertz CT molecular complexity index is 304. The van der Waals surface area contributed by atoms with Gasteiger partial charge in [0, 0.05) is 25.0 Å². The van der Waals surface area contributed by atoms with Crippen LogP contribution in [0, 0.1) is 5.92 Å². The lowest BCUT2D eigenvalue weighted by Crippen LogP contribution is -2.50. The molecule has 4 nitrogen and oxygen atoms in total. The van der Waals surface area contributed by atoms with E-state index in [0.29, 0.717) is 18.1 Å². The molecule has 4 atom stereocenters. The van der Waals surface area contributed by atoms with Crippen LogP contribution in [-0.4, -0.2) is 42.5 Å². The first-order valence-electron chi connectivity index (χ1n) is 8.11. The SMILES string of the molecule is NNC(CC1CCCCO1)C1CCOC2(CCSC2)C1. The number of nitrogens with one attached hydrogen (secondary N) is 1. The number of hydrogen-bond acceptors (Lipinski definition) is 5. The predicted molar refractivity (Wildman–Crippen MR) is 82.7 cm³/mol. The van der Waals surface area contributed by atoms with Crippen LogP contribution in [0.15, 0.2) is 0 Å². The topological polar surface area (TPSA) is 56.5 Å². The Morgan fingerprint density at radius 1 is 1.30 bits per heavy atom. The number of nitrogens with two attached hydrogens (primary N) is 1. The molecule has 0 radical (unpaired) electrons. The van der Waals surface area contributed by atoms with Crippen molar-refractivity contribution < 1.29 is 9.47 Å². The maximum atomic E-state index is 6.12. The minimum Gasteiger partial charge on any atom is -0.378 e. The van der Waals surface area contributed by atoms with E-state index in [1.165, 1.54) is 43.6 Å². The number of hydrazine groups is 1. The molecule has 1 spiro atoms. The smallest absolute Gasteiger partial charge is 0.0783 e. The summed E-state index contributed by atoms with van der Waals surface area (Å²) in [5, 5.41) is 0. The third kappa shape index (κ3) is 3.50. The fraction of sp³-hybridized carbons (Fsp3) is 1.00. The molecule has 3 fully saturated rings. The van der Waals surface area contributed by atoms with Gasteiger partial charge in [0.05, 0.1) is 11.7 Å². The summed E-state index contributed by atoms with van der Waals surface area (Å²) in [7, 11) is 0. The number of ether oxygens (including phenoxy) is 2. The minimum absolute atomic E-state index is 0.149. The Kier molecular flexibility index (Phi) is 5.26. The zero-order valence-electron chi connectivity index (χ0n) is 12.3. The van der Waals surface area contributed by atoms with Gasteiger partial charge in [-0.05, 0) is 56.6 Å². The standard InChI is InChI=1S/C15H28N2O2S/c16-17-14(9-13-3-1-2-6-18-13)12-4-7-19-15(10-12)5-8-20-11-15/h12-14,17H,1-11,16H2. The fourth-order valence-electron chi connectivity index (χ4n) is 3.95. The van der Waals surface area contributed by atoms with Gasteiger partial charge in [0.25, 0.3) is 0 Å². The lowest BCUT2D eigenvalue weighted by atomic mass is 9.79. The van der Waals surface area contributed by atoms with E-state index in [0.717, 1.165) is 26.1 Å². The van der Waals surface area contributed by atoms with E-state index in [-0.39, 0.29) is 5.60 Å². The molecule has 3 aliphatic rings. The van der Waals surface area contributed by atoms with Crippen molar-refractivity contribution in [3.8, 4) is 0 Å². The summed E-state index contributed by atoms with van der Waals surface area (Å²) in [6.07, 6.45) is 8.69. The lowest BCUT2D eigenvalue weighted by Gasteiger charge is -2.41. The van der Waals surface area contributed by atoms with Crippen molar-refractivity contribution in [1.29, 1.82) is 0 Å². The summed E-state index contributed by atoms with van der Waals surface area (Å²) >= 11 is 2.04. The Hall–Kier alpha value is 0.190. The van der Waals surface area contributed by atoms with Gasteiger partial charge in [-0.25, -0.2) is 0 Å². The Balaban J connectivity index is 1.57. The van der Waals surface area contributed by atoms with E-state index in [1.807, 2.05) is 11.8 Å². The van der Waals surface area contributed by atoms with Crippen LogP contribution in [0.3, 0.4) is 0 Å². The molecule has 3 aliphatic heterocycles. The quantitative estimate of drug-likeness (QED) is 0.615. The van der Waals surface area contributed by atoms with Crippen molar-refractivity contribution >= 4 is 11.8 Å². The van der Waals surface area contributed by atoms with E-state index in [1.54, 1.807) is 0 Å². The van der Waals surface area contributed by atoms with Gasteiger partial charge >= 0.3 is 0 Å². The summed E-state index contributed by atoms with van der Waals surface area (Å²) in [6, 6.07) is 0.379. The van der Waals surface area contributed by atoms with Crippen molar-refractivity contribution in [1.82, 2.24) is 5.43 Å². The second-order valence-electron chi connectivity index (χ2n) is 6.58. The van der Waals surface area contributed by atoms with Crippen LogP contribution in [0.4, 0.5) is 0 Å². The molecule has 0 aromatic carbocycles. The van der Waals surface area contributed by atoms with Gasteiger partial charge in [-0.3, -0.25) is 11.3 Å². The average Bonchev–Trinajstić information content (AvgIpc) is 2.93. The molecule has 20 heavy (non-hydrogen) atoms. The predicted octanol–water partition coefficient (Wildman–Crippen LogP) is 2.08. The molecule has 3 saturated heterocycles. The van der Waals surface area contributed by atoms with Crippen molar-refractivity contribution in [2.75, 3.05) is 24.7 Å². The number of thioether (sulfide) groups is 1. The van der Waals surface area contributed by atoms with E-state index in [2.05, 4.69) is 5.43 Å². The number of rotatable bonds is 4. The maximum absolute atomic E-state index is 6.12. The largest absolute Gasteiger partial charge is 0.378 e. The van der Waals surface area contributed by atoms with Crippen LogP contribution in [-0.2, 0) is 9.47 Å². The molecule has 0 saturated carbocycles. The summed E-state index contributed by atoms with van der Waals surface area (Å²) in [5.41, 5.74) is 3.23. The minimum atomic E-state index is 0.149. The van der Waals surface area contributed by atoms with Gasteiger partial charge in [0.15, 0.2) is 0 Å². The summed E-state index contributed by atoms with van der Waals surface area (Å²) in [6.45, 7) is 1.82. The first-order chi connectivity index (χ1) is 9.81. The molecule has 0 bridgehead atoms. The highest BCUT2D eigenvalue weighted by molar-refractivity contribution is 7.99. The molecule has 5 heteroatoms. The van der Waals surface area contributed by atoms with E-state index >= 15 is 0 Å². The molecule has 4 unspecified atom stereocenters. The zero-order valence-corrected chi connectivity index (χ0v) is 13.1. The lowest BCUT2D eigenvalue weighted by molar-refractivity contribution is -0.0896. The van der Waals surface area contributed by atoms with Gasteiger partial charge in [0.2, 0.25) is 0 Å². The van der Waals surface area contributed by atoms with Crippen LogP contribution in [0.1, 0.15) is 44.9 Å². The Morgan fingerprint density at radius 3 is 2.95 bits per heavy atom. The monoisotopic (exact) mass is 300 g/mol. The molecular weight excluding hydrogens is 272 g/mol. The van der Waals surface area contributed by atoms with Crippen molar-refractivity contribution in [2.45, 2.75) is 62.7 Å². The highest BCUT2D eigenvalue weighted by Gasteiger charge is 2.42. The molecule has 3 heterocycles. The van der Waals surface area contributed by atoms with Gasteiger partial charge in [-0.1, -0.05) is 0 Å². The van der Waals surface area contributed by atoms with Crippen LogP contribution >= 0.6 is 11.8 Å². The van der Waals surface area contributed by atoms with Crippen LogP contribution < -0.4 is 11.3 Å². The molecule has 0 aliphatic carbocycles. The summed E-state index contributed by atoms with van der Waals surface area (Å²) in [5.74, 6) is 8.91. The summed E-state index contributed by atoms with van der Waals surface area (Å²) in [4.78, 5) is 0. The van der Waals surface area contributed by atoms with Crippen LogP contribution in [0.25, 0.3) is 0 Å². The van der Waals surface area contributed by atoms with Crippen LogP contribution in [0.2, 0.25) is 0 Å². The first-order valence-corrected chi connectivity index (χ1v) is 9.26. The van der Waals surface area contributed by atoms with Crippen molar-refractivity contribution in [3.05, 3.63) is 0 Å². The van der Waals surface area contributed by atoms with Gasteiger partial charge in [-0.15, -0.1) is 0 Å². The molecular formula is C15H28N2O2S. The fourth-order valence-corrected chi connectivity index (χ4v) is 5.32. The van der Waals surface area contributed by atoms with Crippen LogP contribution in [0.5, 0.6) is 0 Å². The van der Waals surface area contributed by atoms with E-state index < -0.39 is 0 Å². The van der Waals surface area contributed by atoms with Gasteiger partial charge < -0.3 is 9.47 Å². The summed E-state index contributed by atoms with van der Waals surface area (Å²) < 4.78 is 12.0. The van der Waals surface area contributed by atoms with Crippen molar-refractivity contribution in [2.24, 2.45) is 11.8 Å². The highest BCUT2D eigenvalue weighted by Crippen LogP contribution is 2.41.